The molecule has 0 saturated heterocycles. The third-order valence-electron chi connectivity index (χ3n) is 1.85. The van der Waals surface area contributed by atoms with Crippen LogP contribution >= 0.6 is 22.6 Å². The first-order valence-electron chi connectivity index (χ1n) is 4.44. The first-order chi connectivity index (χ1) is 8.24. The minimum absolute atomic E-state index is 0.0432. The van der Waals surface area contributed by atoms with E-state index in [0.717, 1.165) is 6.20 Å². The van der Waals surface area contributed by atoms with Gasteiger partial charge in [0.2, 0.25) is 0 Å². The van der Waals surface area contributed by atoms with E-state index in [2.05, 4.69) is 9.72 Å². The fraction of sp³-hybridized carbons (Fsp3) is 0.333. The van der Waals surface area contributed by atoms with Crippen molar-refractivity contribution in [2.24, 2.45) is 0 Å². The van der Waals surface area contributed by atoms with Crippen molar-refractivity contribution in [3.63, 3.8) is 0 Å². The van der Waals surface area contributed by atoms with Crippen LogP contribution < -0.4 is 4.74 Å². The molecule has 0 radical (unpaired) electrons. The average molecular weight is 379 g/mol. The number of nitrogens with zero attached hydrogens (tertiary/aromatic N) is 1. The Bertz CT molecular complexity index is 464. The Morgan fingerprint density at radius 3 is 2.56 bits per heavy atom. The van der Waals surface area contributed by atoms with Crippen molar-refractivity contribution in [1.82, 2.24) is 4.98 Å². The van der Waals surface area contributed by atoms with Gasteiger partial charge in [-0.25, -0.2) is 4.39 Å². The summed E-state index contributed by atoms with van der Waals surface area (Å²) in [7, 11) is 0. The Kier molecular flexibility index (Phi) is 4.71. The molecule has 0 aliphatic carbocycles. The van der Waals surface area contributed by atoms with Crippen molar-refractivity contribution >= 4 is 28.6 Å². The van der Waals surface area contributed by atoms with Gasteiger partial charge in [-0.05, 0) is 22.6 Å². The van der Waals surface area contributed by atoms with Crippen molar-refractivity contribution in [2.45, 2.75) is 19.5 Å². The van der Waals surface area contributed by atoms with Gasteiger partial charge in [0.15, 0.2) is 0 Å². The van der Waals surface area contributed by atoms with Gasteiger partial charge in [0, 0.05) is 11.8 Å². The van der Waals surface area contributed by atoms with Crippen LogP contribution in [0.15, 0.2) is 6.20 Å². The molecular weight excluding hydrogens is 373 g/mol. The molecule has 4 nitrogen and oxygen atoms in total. The highest BCUT2D eigenvalue weighted by Crippen LogP contribution is 2.33. The summed E-state index contributed by atoms with van der Waals surface area (Å²) >= 11 is 1.50. The molecule has 0 atom stereocenters. The lowest BCUT2D eigenvalue weighted by Crippen LogP contribution is -2.20. The molecule has 1 rings (SSSR count). The van der Waals surface area contributed by atoms with E-state index in [1.165, 1.54) is 22.6 Å². The fourth-order valence-electron chi connectivity index (χ4n) is 1.22. The summed E-state index contributed by atoms with van der Waals surface area (Å²) in [6.45, 7) is -1.17. The molecule has 0 aliphatic rings. The van der Waals surface area contributed by atoms with Crippen LogP contribution in [0.3, 0.4) is 0 Å². The quantitative estimate of drug-likeness (QED) is 0.646. The molecule has 1 aromatic heterocycles. The zero-order valence-corrected chi connectivity index (χ0v) is 10.7. The largest absolute Gasteiger partial charge is 0.573 e. The first kappa shape index (κ1) is 14.9. The molecule has 0 spiro atoms. The topological polar surface area (TPSA) is 59.4 Å². The Balaban J connectivity index is 3.31. The van der Waals surface area contributed by atoms with Crippen LogP contribution in [-0.2, 0) is 17.9 Å². The number of carbonyl (C=O) groups is 1. The third kappa shape index (κ3) is 3.96. The molecule has 9 heteroatoms. The number of hydrogen-bond donors (Lipinski definition) is 1. The summed E-state index contributed by atoms with van der Waals surface area (Å²) in [6.07, 6.45) is -4.79. The fourth-order valence-corrected chi connectivity index (χ4v) is 1.80. The van der Waals surface area contributed by atoms with Crippen LogP contribution in [0.1, 0.15) is 11.3 Å². The molecule has 0 fully saturated rings. The highest BCUT2D eigenvalue weighted by Gasteiger charge is 2.34. The number of hydrogen-bond acceptors (Lipinski definition) is 3. The van der Waals surface area contributed by atoms with E-state index in [9.17, 15) is 22.4 Å². The van der Waals surface area contributed by atoms with E-state index < -0.39 is 36.7 Å². The van der Waals surface area contributed by atoms with Gasteiger partial charge in [0.1, 0.15) is 12.4 Å². The van der Waals surface area contributed by atoms with Gasteiger partial charge in [-0.2, -0.15) is 0 Å². The number of carboxylic acid groups (broad SMARTS) is 1. The van der Waals surface area contributed by atoms with Crippen LogP contribution in [0, 0.1) is 3.57 Å². The van der Waals surface area contributed by atoms with E-state index in [1.54, 1.807) is 0 Å². The van der Waals surface area contributed by atoms with E-state index in [-0.39, 0.29) is 9.26 Å². The monoisotopic (exact) mass is 379 g/mol. The zero-order chi connectivity index (χ0) is 13.9. The summed E-state index contributed by atoms with van der Waals surface area (Å²) < 4.78 is 52.8. The van der Waals surface area contributed by atoms with Gasteiger partial charge in [-0.3, -0.25) is 9.78 Å². The lowest BCUT2D eigenvalue weighted by molar-refractivity contribution is -0.275. The highest BCUT2D eigenvalue weighted by molar-refractivity contribution is 14.1. The predicted octanol–water partition coefficient (Wildman–Crippen LogP) is 2.68. The van der Waals surface area contributed by atoms with Gasteiger partial charge in [-0.15, -0.1) is 13.2 Å². The van der Waals surface area contributed by atoms with E-state index in [4.69, 9.17) is 5.11 Å². The minimum Gasteiger partial charge on any atom is -0.481 e. The molecule has 0 saturated carbocycles. The molecule has 1 N–H and O–H groups in total. The predicted molar refractivity (Wildman–Crippen MR) is 59.8 cm³/mol. The number of pyridine rings is 1. The van der Waals surface area contributed by atoms with Gasteiger partial charge >= 0.3 is 12.3 Å². The van der Waals surface area contributed by atoms with E-state index in [0.29, 0.717) is 0 Å². The Morgan fingerprint density at radius 1 is 1.50 bits per heavy atom. The number of halogens is 5. The normalized spacial score (nSPS) is 11.4. The molecule has 0 aromatic carbocycles. The smallest absolute Gasteiger partial charge is 0.481 e. The molecule has 0 unspecified atom stereocenters. The third-order valence-corrected chi connectivity index (χ3v) is 2.61. The second-order valence-electron chi connectivity index (χ2n) is 3.11. The molecule has 1 heterocycles. The zero-order valence-electron chi connectivity index (χ0n) is 8.59. The average Bonchev–Trinajstić information content (AvgIpc) is 2.21. The second-order valence-corrected chi connectivity index (χ2v) is 4.27. The summed E-state index contributed by atoms with van der Waals surface area (Å²) in [4.78, 5) is 14.1. The Labute approximate surface area is 112 Å². The van der Waals surface area contributed by atoms with Gasteiger partial charge in [0.05, 0.1) is 15.7 Å². The molecule has 0 amide bonds. The maximum Gasteiger partial charge on any atom is 0.573 e. The Hall–Kier alpha value is -1.13. The van der Waals surface area contributed by atoms with Crippen LogP contribution in [0.4, 0.5) is 17.6 Å². The number of rotatable bonds is 4. The van der Waals surface area contributed by atoms with Gasteiger partial charge < -0.3 is 9.84 Å². The van der Waals surface area contributed by atoms with Crippen molar-refractivity contribution in [2.75, 3.05) is 0 Å². The summed E-state index contributed by atoms with van der Waals surface area (Å²) in [5.41, 5.74) is -0.786. The van der Waals surface area contributed by atoms with Gasteiger partial charge in [0.25, 0.3) is 0 Å². The number of ether oxygens (including phenoxy) is 1. The minimum atomic E-state index is -4.98. The maximum absolute atomic E-state index is 12.6. The van der Waals surface area contributed by atoms with Crippen molar-refractivity contribution in [3.8, 4) is 5.75 Å². The van der Waals surface area contributed by atoms with Crippen molar-refractivity contribution in [3.05, 3.63) is 21.0 Å². The van der Waals surface area contributed by atoms with Crippen LogP contribution in [0.5, 0.6) is 5.75 Å². The highest BCUT2D eigenvalue weighted by atomic mass is 127. The lowest BCUT2D eigenvalue weighted by Gasteiger charge is -2.15. The van der Waals surface area contributed by atoms with Crippen LogP contribution in [-0.4, -0.2) is 22.4 Å². The summed E-state index contributed by atoms with van der Waals surface area (Å²) in [6, 6.07) is 0. The molecule has 0 bridgehead atoms. The standard InChI is InChI=1S/C9H6F4INO3/c10-2-6-4(1-7(16)17)8(5(14)3-15-6)18-9(11,12)13/h3H,1-2H2,(H,16,17). The van der Waals surface area contributed by atoms with Crippen molar-refractivity contribution in [1.29, 1.82) is 0 Å². The number of alkyl halides is 4. The Morgan fingerprint density at radius 2 is 2.11 bits per heavy atom. The molecule has 1 aromatic rings. The van der Waals surface area contributed by atoms with E-state index in [1.807, 2.05) is 0 Å². The van der Waals surface area contributed by atoms with Gasteiger partial charge in [-0.1, -0.05) is 0 Å². The van der Waals surface area contributed by atoms with E-state index >= 15 is 0 Å². The second kappa shape index (κ2) is 5.67. The summed E-state index contributed by atoms with van der Waals surface area (Å²) in [5, 5.41) is 8.61. The molecular formula is C9H6F4INO3. The number of aromatic nitrogens is 1. The SMILES string of the molecule is O=C(O)Cc1c(CF)ncc(I)c1OC(F)(F)F. The first-order valence-corrected chi connectivity index (χ1v) is 5.52. The summed E-state index contributed by atoms with van der Waals surface area (Å²) in [5.74, 6) is -2.12. The van der Waals surface area contributed by atoms with Crippen LogP contribution in [0.25, 0.3) is 0 Å². The number of carboxylic acids is 1. The number of aliphatic carboxylic acids is 1. The maximum atomic E-state index is 12.6. The lowest BCUT2D eigenvalue weighted by atomic mass is 10.1. The molecule has 100 valence electrons. The molecule has 0 aliphatic heterocycles. The van der Waals surface area contributed by atoms with Crippen LogP contribution in [0.2, 0.25) is 0 Å². The van der Waals surface area contributed by atoms with Crippen molar-refractivity contribution < 1.29 is 32.2 Å². The molecule has 18 heavy (non-hydrogen) atoms.